The number of morpholine rings is 1. The second kappa shape index (κ2) is 10.2. The first-order chi connectivity index (χ1) is 15.2. The van der Waals surface area contributed by atoms with Gasteiger partial charge in [-0.3, -0.25) is 9.69 Å². The van der Waals surface area contributed by atoms with Crippen LogP contribution in [0.2, 0.25) is 0 Å². The Morgan fingerprint density at radius 1 is 1.00 bits per heavy atom. The van der Waals surface area contributed by atoms with Crippen molar-refractivity contribution in [1.29, 1.82) is 0 Å². The van der Waals surface area contributed by atoms with E-state index in [0.717, 1.165) is 43.0 Å². The first-order valence-corrected chi connectivity index (χ1v) is 11.1. The highest BCUT2D eigenvalue weighted by molar-refractivity contribution is 5.79. The number of hydrogen-bond donors (Lipinski definition) is 0. The largest absolute Gasteiger partial charge is 0.497 e. The summed E-state index contributed by atoms with van der Waals surface area (Å²) in [5.41, 5.74) is 2.42. The van der Waals surface area contributed by atoms with Crippen molar-refractivity contribution in [2.75, 3.05) is 47.1 Å². The Labute approximate surface area is 184 Å². The number of carbonyl (C=O) groups is 1. The smallest absolute Gasteiger partial charge is 0.227 e. The Morgan fingerprint density at radius 2 is 1.68 bits per heavy atom. The van der Waals surface area contributed by atoms with Gasteiger partial charge in [-0.1, -0.05) is 30.3 Å². The minimum atomic E-state index is 0.0190. The number of ether oxygens (including phenoxy) is 3. The molecule has 2 atom stereocenters. The lowest BCUT2D eigenvalue weighted by atomic mass is 9.87. The van der Waals surface area contributed by atoms with Crippen molar-refractivity contribution in [3.63, 3.8) is 0 Å². The lowest BCUT2D eigenvalue weighted by molar-refractivity contribution is -0.142. The number of nitrogens with zero attached hydrogens (tertiary/aromatic N) is 2. The summed E-state index contributed by atoms with van der Waals surface area (Å²) in [4.78, 5) is 17.6. The molecule has 2 aromatic carbocycles. The summed E-state index contributed by atoms with van der Waals surface area (Å²) in [6.45, 7) is 4.15. The van der Waals surface area contributed by atoms with Gasteiger partial charge < -0.3 is 19.1 Å². The average molecular weight is 425 g/mol. The van der Waals surface area contributed by atoms with Gasteiger partial charge in [0.1, 0.15) is 11.5 Å². The standard InChI is InChI=1S/C25H32N2O4/c1-29-22-14-19(15-23(16-22)30-2)17-27-18-21(25(28)26-10-12-31-13-11-26)8-9-24(27)20-6-4-3-5-7-20/h3-7,14-16,21,24H,8-13,17-18H2,1-2H3. The van der Waals surface area contributed by atoms with Crippen molar-refractivity contribution in [1.82, 2.24) is 9.80 Å². The van der Waals surface area contributed by atoms with Crippen LogP contribution in [0.15, 0.2) is 48.5 Å². The van der Waals surface area contributed by atoms with Crippen LogP contribution >= 0.6 is 0 Å². The molecular formula is C25H32N2O4. The quantitative estimate of drug-likeness (QED) is 0.710. The number of amides is 1. The summed E-state index contributed by atoms with van der Waals surface area (Å²) in [7, 11) is 3.34. The van der Waals surface area contributed by atoms with E-state index in [0.29, 0.717) is 26.3 Å². The molecule has 31 heavy (non-hydrogen) atoms. The minimum Gasteiger partial charge on any atom is -0.497 e. The average Bonchev–Trinajstić information content (AvgIpc) is 2.84. The molecule has 2 heterocycles. The monoisotopic (exact) mass is 424 g/mol. The summed E-state index contributed by atoms with van der Waals surface area (Å²) in [5.74, 6) is 1.85. The summed E-state index contributed by atoms with van der Waals surface area (Å²) in [6.07, 6.45) is 1.87. The predicted octanol–water partition coefficient (Wildman–Crippen LogP) is 3.52. The van der Waals surface area contributed by atoms with Gasteiger partial charge in [-0.15, -0.1) is 0 Å². The van der Waals surface area contributed by atoms with E-state index < -0.39 is 0 Å². The van der Waals surface area contributed by atoms with Crippen molar-refractivity contribution in [2.24, 2.45) is 5.92 Å². The molecule has 2 aromatic rings. The Bertz CT molecular complexity index is 845. The van der Waals surface area contributed by atoms with E-state index in [1.165, 1.54) is 5.56 Å². The summed E-state index contributed by atoms with van der Waals surface area (Å²) in [6, 6.07) is 16.9. The fraction of sp³-hybridized carbons (Fsp3) is 0.480. The van der Waals surface area contributed by atoms with Crippen LogP contribution in [-0.4, -0.2) is 62.8 Å². The van der Waals surface area contributed by atoms with Gasteiger partial charge in [-0.05, 0) is 36.1 Å². The van der Waals surface area contributed by atoms with E-state index >= 15 is 0 Å². The molecule has 1 amide bonds. The summed E-state index contributed by atoms with van der Waals surface area (Å²) in [5, 5.41) is 0. The zero-order chi connectivity index (χ0) is 21.6. The SMILES string of the molecule is COc1cc(CN2CC(C(=O)N3CCOCC3)CCC2c2ccccc2)cc(OC)c1. The van der Waals surface area contributed by atoms with Gasteiger partial charge in [0.25, 0.3) is 0 Å². The number of carbonyl (C=O) groups excluding carboxylic acids is 1. The van der Waals surface area contributed by atoms with Crippen LogP contribution in [0.5, 0.6) is 11.5 Å². The number of piperidine rings is 1. The van der Waals surface area contributed by atoms with Gasteiger partial charge in [-0.25, -0.2) is 0 Å². The maximum Gasteiger partial charge on any atom is 0.227 e. The predicted molar refractivity (Wildman–Crippen MR) is 119 cm³/mol. The van der Waals surface area contributed by atoms with Crippen molar-refractivity contribution in [2.45, 2.75) is 25.4 Å². The third kappa shape index (κ3) is 5.20. The molecule has 2 fully saturated rings. The van der Waals surface area contributed by atoms with Crippen LogP contribution in [-0.2, 0) is 16.1 Å². The van der Waals surface area contributed by atoms with Crippen molar-refractivity contribution >= 4 is 5.91 Å². The molecule has 0 radical (unpaired) electrons. The second-order valence-electron chi connectivity index (χ2n) is 8.29. The van der Waals surface area contributed by atoms with Crippen molar-refractivity contribution in [3.05, 3.63) is 59.7 Å². The van der Waals surface area contributed by atoms with E-state index in [-0.39, 0.29) is 17.9 Å². The minimum absolute atomic E-state index is 0.0190. The van der Waals surface area contributed by atoms with Crippen LogP contribution < -0.4 is 9.47 Å². The number of likely N-dealkylation sites (tertiary alicyclic amines) is 1. The molecule has 0 saturated carbocycles. The summed E-state index contributed by atoms with van der Waals surface area (Å²) < 4.78 is 16.4. The Balaban J connectivity index is 1.56. The van der Waals surface area contributed by atoms with E-state index in [1.54, 1.807) is 14.2 Å². The molecule has 2 aliphatic heterocycles. The molecule has 0 aliphatic carbocycles. The van der Waals surface area contributed by atoms with Gasteiger partial charge in [-0.2, -0.15) is 0 Å². The maximum absolute atomic E-state index is 13.2. The van der Waals surface area contributed by atoms with Gasteiger partial charge in [0.05, 0.1) is 33.4 Å². The number of methoxy groups -OCH3 is 2. The number of rotatable bonds is 6. The van der Waals surface area contributed by atoms with Gasteiger partial charge >= 0.3 is 0 Å². The van der Waals surface area contributed by atoms with E-state index in [9.17, 15) is 4.79 Å². The highest BCUT2D eigenvalue weighted by Gasteiger charge is 2.35. The molecule has 0 N–H and O–H groups in total. The lowest BCUT2D eigenvalue weighted by Crippen LogP contribution is -2.48. The van der Waals surface area contributed by atoms with E-state index in [2.05, 4.69) is 41.3 Å². The first-order valence-electron chi connectivity index (χ1n) is 11.1. The maximum atomic E-state index is 13.2. The molecule has 166 valence electrons. The fourth-order valence-corrected chi connectivity index (χ4v) is 4.71. The normalized spacial score (nSPS) is 22.2. The molecule has 6 nitrogen and oxygen atoms in total. The zero-order valence-corrected chi connectivity index (χ0v) is 18.5. The molecular weight excluding hydrogens is 392 g/mol. The molecule has 6 heteroatoms. The third-order valence-corrected chi connectivity index (χ3v) is 6.34. The van der Waals surface area contributed by atoms with Crippen LogP contribution in [0.3, 0.4) is 0 Å². The summed E-state index contributed by atoms with van der Waals surface area (Å²) >= 11 is 0. The molecule has 2 saturated heterocycles. The Kier molecular flexibility index (Phi) is 7.10. The number of hydrogen-bond acceptors (Lipinski definition) is 5. The first kappa shape index (κ1) is 21.7. The molecule has 2 aliphatic rings. The topological polar surface area (TPSA) is 51.2 Å². The second-order valence-corrected chi connectivity index (χ2v) is 8.29. The van der Waals surface area contributed by atoms with Gasteiger partial charge in [0, 0.05) is 38.3 Å². The lowest BCUT2D eigenvalue weighted by Gasteiger charge is -2.41. The third-order valence-electron chi connectivity index (χ3n) is 6.34. The van der Waals surface area contributed by atoms with E-state index in [4.69, 9.17) is 14.2 Å². The van der Waals surface area contributed by atoms with Crippen molar-refractivity contribution < 1.29 is 19.0 Å². The van der Waals surface area contributed by atoms with Crippen LogP contribution in [0, 0.1) is 5.92 Å². The molecule has 0 spiro atoms. The van der Waals surface area contributed by atoms with E-state index in [1.807, 2.05) is 17.0 Å². The van der Waals surface area contributed by atoms with Gasteiger partial charge in [0.2, 0.25) is 5.91 Å². The molecule has 2 unspecified atom stereocenters. The molecule has 0 bridgehead atoms. The number of benzene rings is 2. The highest BCUT2D eigenvalue weighted by Crippen LogP contribution is 2.36. The Hall–Kier alpha value is -2.57. The zero-order valence-electron chi connectivity index (χ0n) is 18.5. The van der Waals surface area contributed by atoms with Crippen LogP contribution in [0.4, 0.5) is 0 Å². The molecule has 4 rings (SSSR count). The highest BCUT2D eigenvalue weighted by atomic mass is 16.5. The fourth-order valence-electron chi connectivity index (χ4n) is 4.71. The molecule has 0 aromatic heterocycles. The van der Waals surface area contributed by atoms with Crippen LogP contribution in [0.1, 0.15) is 30.0 Å². The van der Waals surface area contributed by atoms with Gasteiger partial charge in [0.15, 0.2) is 0 Å². The van der Waals surface area contributed by atoms with Crippen LogP contribution in [0.25, 0.3) is 0 Å². The van der Waals surface area contributed by atoms with Crippen molar-refractivity contribution in [3.8, 4) is 11.5 Å². The Morgan fingerprint density at radius 3 is 2.32 bits per heavy atom.